The Morgan fingerprint density at radius 3 is 2.85 bits per heavy atom. The van der Waals surface area contributed by atoms with Crippen molar-refractivity contribution in [3.05, 3.63) is 28.8 Å². The molecule has 0 saturated carbocycles. The summed E-state index contributed by atoms with van der Waals surface area (Å²) in [7, 11) is 0. The molecular weight excluding hydrogens is 270 g/mol. The molecule has 3 heteroatoms. The fraction of sp³-hybridized carbons (Fsp3) is 0.647. The van der Waals surface area contributed by atoms with Crippen molar-refractivity contribution < 1.29 is 4.74 Å². The molecule has 1 aromatic carbocycles. The number of fused-ring (bicyclic) bond motifs is 1. The minimum atomic E-state index is 0.246. The van der Waals surface area contributed by atoms with Crippen molar-refractivity contribution in [1.82, 2.24) is 5.32 Å². The Bertz CT molecular complexity index is 433. The lowest BCUT2D eigenvalue weighted by Gasteiger charge is -2.17. The lowest BCUT2D eigenvalue weighted by Crippen LogP contribution is -2.35. The van der Waals surface area contributed by atoms with E-state index in [0.717, 1.165) is 29.7 Å². The molecule has 1 aliphatic rings. The number of hydrogen-bond acceptors (Lipinski definition) is 2. The number of hydrogen-bond donors (Lipinski definition) is 1. The highest BCUT2D eigenvalue weighted by Gasteiger charge is 2.23. The predicted octanol–water partition coefficient (Wildman–Crippen LogP) is 4.45. The Balaban J connectivity index is 1.69. The minimum Gasteiger partial charge on any atom is -0.488 e. The highest BCUT2D eigenvalue weighted by molar-refractivity contribution is 6.30. The second-order valence-electron chi connectivity index (χ2n) is 6.33. The van der Waals surface area contributed by atoms with Crippen LogP contribution in [0.2, 0.25) is 5.02 Å². The average Bonchev–Trinajstić information content (AvgIpc) is 2.77. The Morgan fingerprint density at radius 1 is 1.30 bits per heavy atom. The number of benzene rings is 1. The van der Waals surface area contributed by atoms with Gasteiger partial charge in [-0.25, -0.2) is 0 Å². The number of nitrogens with one attached hydrogen (secondary N) is 1. The van der Waals surface area contributed by atoms with Crippen LogP contribution in [-0.4, -0.2) is 18.7 Å². The van der Waals surface area contributed by atoms with E-state index < -0.39 is 0 Å². The number of halogens is 1. The molecule has 0 fully saturated rings. The summed E-state index contributed by atoms with van der Waals surface area (Å²) in [5.41, 5.74) is 1.23. The summed E-state index contributed by atoms with van der Waals surface area (Å²) < 4.78 is 5.93. The highest BCUT2D eigenvalue weighted by Crippen LogP contribution is 2.30. The summed E-state index contributed by atoms with van der Waals surface area (Å²) in [5, 5.41) is 4.38. The van der Waals surface area contributed by atoms with Crippen LogP contribution in [0.4, 0.5) is 0 Å². The summed E-state index contributed by atoms with van der Waals surface area (Å²) in [5.74, 6) is 1.80. The molecule has 2 rings (SSSR count). The first-order valence-corrected chi connectivity index (χ1v) is 8.11. The zero-order valence-corrected chi connectivity index (χ0v) is 13.5. The first kappa shape index (κ1) is 15.7. The van der Waals surface area contributed by atoms with Crippen LogP contribution in [0.3, 0.4) is 0 Å². The van der Waals surface area contributed by atoms with E-state index in [1.807, 2.05) is 18.2 Å². The topological polar surface area (TPSA) is 21.3 Å². The SMILES string of the molecule is CC(C)CCCC(C)NCC1Cc2cc(Cl)ccc2O1. The summed E-state index contributed by atoms with van der Waals surface area (Å²) in [4.78, 5) is 0. The van der Waals surface area contributed by atoms with Gasteiger partial charge in [0.2, 0.25) is 0 Å². The molecule has 1 aliphatic heterocycles. The molecule has 0 saturated heterocycles. The van der Waals surface area contributed by atoms with Crippen molar-refractivity contribution in [3.63, 3.8) is 0 Å². The van der Waals surface area contributed by atoms with Crippen LogP contribution in [0.15, 0.2) is 18.2 Å². The van der Waals surface area contributed by atoms with E-state index in [1.165, 1.54) is 24.8 Å². The third kappa shape index (κ3) is 4.68. The molecule has 0 spiro atoms. The predicted molar refractivity (Wildman–Crippen MR) is 85.7 cm³/mol. The average molecular weight is 296 g/mol. The Kier molecular flexibility index (Phi) is 5.74. The van der Waals surface area contributed by atoms with E-state index in [2.05, 4.69) is 26.1 Å². The maximum atomic E-state index is 6.01. The van der Waals surface area contributed by atoms with Gasteiger partial charge in [0, 0.05) is 24.0 Å². The summed E-state index contributed by atoms with van der Waals surface area (Å²) in [6, 6.07) is 6.45. The van der Waals surface area contributed by atoms with Crippen molar-refractivity contribution in [2.24, 2.45) is 5.92 Å². The van der Waals surface area contributed by atoms with E-state index >= 15 is 0 Å². The molecule has 1 aromatic rings. The molecule has 2 nitrogen and oxygen atoms in total. The monoisotopic (exact) mass is 295 g/mol. The van der Waals surface area contributed by atoms with Gasteiger partial charge in [0.05, 0.1) is 0 Å². The van der Waals surface area contributed by atoms with E-state index in [1.54, 1.807) is 0 Å². The molecule has 112 valence electrons. The maximum Gasteiger partial charge on any atom is 0.123 e. The van der Waals surface area contributed by atoms with Gasteiger partial charge in [-0.15, -0.1) is 0 Å². The van der Waals surface area contributed by atoms with Crippen LogP contribution in [0.1, 0.15) is 45.6 Å². The van der Waals surface area contributed by atoms with Gasteiger partial charge >= 0.3 is 0 Å². The second-order valence-corrected chi connectivity index (χ2v) is 6.77. The zero-order chi connectivity index (χ0) is 14.5. The van der Waals surface area contributed by atoms with Crippen LogP contribution in [0, 0.1) is 5.92 Å². The van der Waals surface area contributed by atoms with Gasteiger partial charge in [0.25, 0.3) is 0 Å². The molecule has 0 amide bonds. The van der Waals surface area contributed by atoms with Crippen LogP contribution in [0.25, 0.3) is 0 Å². The number of ether oxygens (including phenoxy) is 1. The standard InChI is InChI=1S/C17H26ClNO/c1-12(2)5-4-6-13(3)19-11-16-10-14-9-15(18)7-8-17(14)20-16/h7-9,12-13,16,19H,4-6,10-11H2,1-3H3. The fourth-order valence-electron chi connectivity index (χ4n) is 2.67. The van der Waals surface area contributed by atoms with Crippen LogP contribution in [0.5, 0.6) is 5.75 Å². The number of rotatable bonds is 7. The van der Waals surface area contributed by atoms with Crippen molar-refractivity contribution in [2.75, 3.05) is 6.54 Å². The van der Waals surface area contributed by atoms with Gasteiger partial charge in [-0.05, 0) is 43.0 Å². The van der Waals surface area contributed by atoms with Gasteiger partial charge < -0.3 is 10.1 Å². The first-order chi connectivity index (χ1) is 9.54. The van der Waals surface area contributed by atoms with Gasteiger partial charge in [0.15, 0.2) is 0 Å². The molecule has 1 heterocycles. The van der Waals surface area contributed by atoms with Gasteiger partial charge in [0.1, 0.15) is 11.9 Å². The highest BCUT2D eigenvalue weighted by atomic mass is 35.5. The summed E-state index contributed by atoms with van der Waals surface area (Å²) in [6.07, 6.45) is 5.06. The molecule has 0 aromatic heterocycles. The maximum absolute atomic E-state index is 6.01. The van der Waals surface area contributed by atoms with Crippen molar-refractivity contribution >= 4 is 11.6 Å². The second kappa shape index (κ2) is 7.33. The van der Waals surface area contributed by atoms with E-state index in [9.17, 15) is 0 Å². The Hall–Kier alpha value is -0.730. The minimum absolute atomic E-state index is 0.246. The van der Waals surface area contributed by atoms with E-state index in [0.29, 0.717) is 6.04 Å². The van der Waals surface area contributed by atoms with Gasteiger partial charge in [-0.1, -0.05) is 38.3 Å². The van der Waals surface area contributed by atoms with E-state index in [4.69, 9.17) is 16.3 Å². The normalized spacial score (nSPS) is 18.9. The Labute approximate surface area is 127 Å². The van der Waals surface area contributed by atoms with Gasteiger partial charge in [-0.3, -0.25) is 0 Å². The third-order valence-corrected chi connectivity index (χ3v) is 4.11. The van der Waals surface area contributed by atoms with Gasteiger partial charge in [-0.2, -0.15) is 0 Å². The summed E-state index contributed by atoms with van der Waals surface area (Å²) in [6.45, 7) is 7.74. The molecule has 20 heavy (non-hydrogen) atoms. The molecular formula is C17H26ClNO. The van der Waals surface area contributed by atoms with Crippen LogP contribution < -0.4 is 10.1 Å². The molecule has 0 aliphatic carbocycles. The molecule has 2 unspecified atom stereocenters. The Morgan fingerprint density at radius 2 is 2.10 bits per heavy atom. The first-order valence-electron chi connectivity index (χ1n) is 7.73. The van der Waals surface area contributed by atoms with E-state index in [-0.39, 0.29) is 6.10 Å². The van der Waals surface area contributed by atoms with Crippen molar-refractivity contribution in [3.8, 4) is 5.75 Å². The smallest absolute Gasteiger partial charge is 0.123 e. The van der Waals surface area contributed by atoms with Crippen LogP contribution >= 0.6 is 11.6 Å². The van der Waals surface area contributed by atoms with Crippen molar-refractivity contribution in [2.45, 2.75) is 58.6 Å². The lowest BCUT2D eigenvalue weighted by atomic mass is 10.0. The summed E-state index contributed by atoms with van der Waals surface area (Å²) >= 11 is 6.01. The quantitative estimate of drug-likeness (QED) is 0.802. The van der Waals surface area contributed by atoms with Crippen LogP contribution in [-0.2, 0) is 6.42 Å². The fourth-order valence-corrected chi connectivity index (χ4v) is 2.86. The van der Waals surface area contributed by atoms with Crippen molar-refractivity contribution in [1.29, 1.82) is 0 Å². The largest absolute Gasteiger partial charge is 0.488 e. The zero-order valence-electron chi connectivity index (χ0n) is 12.8. The molecule has 0 bridgehead atoms. The lowest BCUT2D eigenvalue weighted by molar-refractivity contribution is 0.221. The molecule has 0 radical (unpaired) electrons. The molecule has 1 N–H and O–H groups in total. The third-order valence-electron chi connectivity index (χ3n) is 3.88. The molecule has 2 atom stereocenters.